The van der Waals surface area contributed by atoms with Crippen LogP contribution in [0.3, 0.4) is 0 Å². The van der Waals surface area contributed by atoms with Gasteiger partial charge in [-0.05, 0) is 36.8 Å². The molecule has 0 radical (unpaired) electrons. The lowest BCUT2D eigenvalue weighted by Gasteiger charge is -2.22. The second-order valence-corrected chi connectivity index (χ2v) is 7.42. The van der Waals surface area contributed by atoms with Crippen molar-refractivity contribution in [1.29, 1.82) is 0 Å². The predicted octanol–water partition coefficient (Wildman–Crippen LogP) is 4.17. The zero-order valence-corrected chi connectivity index (χ0v) is 15.4. The number of rotatable bonds is 8. The van der Waals surface area contributed by atoms with Gasteiger partial charge >= 0.3 is 6.09 Å². The largest absolute Gasteiger partial charge is 0.465 e. The zero-order chi connectivity index (χ0) is 17.0. The highest BCUT2D eigenvalue weighted by atomic mass is 16.4. The summed E-state index contributed by atoms with van der Waals surface area (Å²) in [5.74, 6) is 2.37. The monoisotopic (exact) mass is 302 g/mol. The third kappa shape index (κ3) is 19.2. The van der Waals surface area contributed by atoms with Crippen molar-refractivity contribution in [2.75, 3.05) is 26.2 Å². The van der Waals surface area contributed by atoms with Crippen LogP contribution in [0.4, 0.5) is 4.79 Å². The lowest BCUT2D eigenvalue weighted by atomic mass is 10.1. The molecule has 0 aromatic heterocycles. The van der Waals surface area contributed by atoms with E-state index in [-0.39, 0.29) is 0 Å². The highest BCUT2D eigenvalue weighted by Gasteiger charge is 2.13. The zero-order valence-electron chi connectivity index (χ0n) is 15.4. The quantitative estimate of drug-likeness (QED) is 0.707. The van der Waals surface area contributed by atoms with Crippen LogP contribution >= 0.6 is 0 Å². The Labute approximate surface area is 132 Å². The second kappa shape index (κ2) is 12.9. The number of carboxylic acid groups (broad SMARTS) is 1. The summed E-state index contributed by atoms with van der Waals surface area (Å²) < 4.78 is 0. The van der Waals surface area contributed by atoms with Crippen LogP contribution in [0.25, 0.3) is 0 Å². The summed E-state index contributed by atoms with van der Waals surface area (Å²) in [5, 5.41) is 12.2. The molecule has 4 nitrogen and oxygen atoms in total. The van der Waals surface area contributed by atoms with Gasteiger partial charge in [-0.25, -0.2) is 4.79 Å². The van der Waals surface area contributed by atoms with Crippen LogP contribution in [0.5, 0.6) is 0 Å². The highest BCUT2D eigenvalue weighted by molar-refractivity contribution is 5.64. The minimum absolute atomic E-state index is 0.403. The average Bonchev–Trinajstić information content (AvgIpc) is 2.26. The Morgan fingerprint density at radius 1 is 0.810 bits per heavy atom. The Balaban J connectivity index is 0. The third-order valence-electron chi connectivity index (χ3n) is 2.55. The van der Waals surface area contributed by atoms with Crippen molar-refractivity contribution in [3.05, 3.63) is 0 Å². The van der Waals surface area contributed by atoms with Crippen LogP contribution in [0, 0.1) is 23.7 Å². The maximum Gasteiger partial charge on any atom is 0.407 e. The van der Waals surface area contributed by atoms with Crippen LogP contribution in [0.15, 0.2) is 0 Å². The molecule has 0 fully saturated rings. The smallest absolute Gasteiger partial charge is 0.407 e. The minimum Gasteiger partial charge on any atom is -0.465 e. The van der Waals surface area contributed by atoms with E-state index in [0.717, 1.165) is 24.9 Å². The van der Waals surface area contributed by atoms with E-state index >= 15 is 0 Å². The average molecular weight is 303 g/mol. The molecule has 128 valence electrons. The van der Waals surface area contributed by atoms with Gasteiger partial charge in [0.05, 0.1) is 0 Å². The van der Waals surface area contributed by atoms with Crippen molar-refractivity contribution in [2.24, 2.45) is 23.7 Å². The SMILES string of the molecule is CC(C)CN(CC(C)C)C(=O)O.CC(C)CNCC(C)C. The Bertz CT molecular complexity index is 233. The van der Waals surface area contributed by atoms with Gasteiger partial charge in [-0.1, -0.05) is 55.4 Å². The molecule has 0 saturated carbocycles. The molecule has 0 heterocycles. The molecule has 2 N–H and O–H groups in total. The molecule has 0 aliphatic heterocycles. The summed E-state index contributed by atoms with van der Waals surface area (Å²) >= 11 is 0. The Kier molecular flexibility index (Phi) is 13.9. The molecule has 0 aliphatic rings. The van der Waals surface area contributed by atoms with Crippen molar-refractivity contribution in [1.82, 2.24) is 10.2 Å². The van der Waals surface area contributed by atoms with E-state index in [1.54, 1.807) is 0 Å². The molecule has 0 aliphatic carbocycles. The van der Waals surface area contributed by atoms with Crippen LogP contribution in [0.1, 0.15) is 55.4 Å². The maximum atomic E-state index is 10.7. The lowest BCUT2D eigenvalue weighted by molar-refractivity contribution is 0.133. The fourth-order valence-corrected chi connectivity index (χ4v) is 1.77. The van der Waals surface area contributed by atoms with Gasteiger partial charge in [-0.15, -0.1) is 0 Å². The van der Waals surface area contributed by atoms with Crippen molar-refractivity contribution >= 4 is 6.09 Å². The second-order valence-electron chi connectivity index (χ2n) is 7.42. The Hall–Kier alpha value is -0.770. The van der Waals surface area contributed by atoms with Gasteiger partial charge in [0, 0.05) is 13.1 Å². The van der Waals surface area contributed by atoms with Crippen molar-refractivity contribution in [2.45, 2.75) is 55.4 Å². The number of nitrogens with one attached hydrogen (secondary N) is 1. The molecule has 0 aromatic carbocycles. The molecule has 0 unspecified atom stereocenters. The molecular formula is C17H38N2O2. The third-order valence-corrected chi connectivity index (χ3v) is 2.55. The molecular weight excluding hydrogens is 264 g/mol. The van der Waals surface area contributed by atoms with Crippen LogP contribution in [0.2, 0.25) is 0 Å². The number of hydrogen-bond donors (Lipinski definition) is 2. The fraction of sp³-hybridized carbons (Fsp3) is 0.941. The summed E-state index contributed by atoms with van der Waals surface area (Å²) in [6.07, 6.45) is -0.808. The summed E-state index contributed by atoms with van der Waals surface area (Å²) in [5.41, 5.74) is 0. The number of hydrogen-bond acceptors (Lipinski definition) is 2. The predicted molar refractivity (Wildman–Crippen MR) is 91.8 cm³/mol. The molecule has 0 aromatic rings. The normalized spacial score (nSPS) is 11.0. The molecule has 4 heteroatoms. The van der Waals surface area contributed by atoms with E-state index in [0.29, 0.717) is 24.9 Å². The first-order valence-corrected chi connectivity index (χ1v) is 8.24. The van der Waals surface area contributed by atoms with Crippen molar-refractivity contribution < 1.29 is 9.90 Å². The van der Waals surface area contributed by atoms with Crippen LogP contribution < -0.4 is 5.32 Å². The van der Waals surface area contributed by atoms with Gasteiger partial charge in [0.15, 0.2) is 0 Å². The van der Waals surface area contributed by atoms with Gasteiger partial charge in [-0.2, -0.15) is 0 Å². The van der Waals surface area contributed by atoms with Gasteiger partial charge in [0.1, 0.15) is 0 Å². The topological polar surface area (TPSA) is 52.6 Å². The van der Waals surface area contributed by atoms with Crippen molar-refractivity contribution in [3.8, 4) is 0 Å². The Morgan fingerprint density at radius 2 is 1.14 bits per heavy atom. The van der Waals surface area contributed by atoms with Gasteiger partial charge in [0.2, 0.25) is 0 Å². The molecule has 0 spiro atoms. The molecule has 21 heavy (non-hydrogen) atoms. The fourth-order valence-electron chi connectivity index (χ4n) is 1.77. The van der Waals surface area contributed by atoms with E-state index in [4.69, 9.17) is 5.11 Å². The molecule has 0 saturated heterocycles. The summed E-state index contributed by atoms with van der Waals surface area (Å²) in [4.78, 5) is 12.2. The summed E-state index contributed by atoms with van der Waals surface area (Å²) in [7, 11) is 0. The number of nitrogens with zero attached hydrogens (tertiary/aromatic N) is 1. The van der Waals surface area contributed by atoms with Gasteiger partial charge < -0.3 is 15.3 Å². The standard InChI is InChI=1S/C9H19NO2.C8H19N/c1-7(2)5-10(9(11)12)6-8(3)4;1-7(2)5-9-6-8(3)4/h7-8H,5-6H2,1-4H3,(H,11,12);7-9H,5-6H2,1-4H3. The van der Waals surface area contributed by atoms with Crippen molar-refractivity contribution in [3.63, 3.8) is 0 Å². The van der Waals surface area contributed by atoms with Crippen LogP contribution in [-0.2, 0) is 0 Å². The molecule has 1 amide bonds. The molecule has 0 atom stereocenters. The minimum atomic E-state index is -0.808. The number of carbonyl (C=O) groups is 1. The first-order chi connectivity index (χ1) is 9.56. The van der Waals surface area contributed by atoms with E-state index in [2.05, 4.69) is 33.0 Å². The molecule has 0 rings (SSSR count). The first kappa shape index (κ1) is 22.5. The van der Waals surface area contributed by atoms with E-state index in [1.807, 2.05) is 27.7 Å². The molecule has 0 bridgehead atoms. The number of amides is 1. The van der Waals surface area contributed by atoms with E-state index in [1.165, 1.54) is 4.90 Å². The highest BCUT2D eigenvalue weighted by Crippen LogP contribution is 2.03. The van der Waals surface area contributed by atoms with E-state index < -0.39 is 6.09 Å². The van der Waals surface area contributed by atoms with E-state index in [9.17, 15) is 4.79 Å². The maximum absolute atomic E-state index is 10.7. The van der Waals surface area contributed by atoms with Gasteiger partial charge in [-0.3, -0.25) is 0 Å². The Morgan fingerprint density at radius 3 is 1.33 bits per heavy atom. The lowest BCUT2D eigenvalue weighted by Crippen LogP contribution is -2.35. The van der Waals surface area contributed by atoms with Crippen LogP contribution in [-0.4, -0.2) is 42.3 Å². The summed E-state index contributed by atoms with van der Waals surface area (Å²) in [6.45, 7) is 20.6. The summed E-state index contributed by atoms with van der Waals surface area (Å²) in [6, 6.07) is 0. The first-order valence-electron chi connectivity index (χ1n) is 8.24. The van der Waals surface area contributed by atoms with Gasteiger partial charge in [0.25, 0.3) is 0 Å².